The topological polar surface area (TPSA) is 105 Å². The van der Waals surface area contributed by atoms with Crippen molar-refractivity contribution in [1.82, 2.24) is 5.32 Å². The Morgan fingerprint density at radius 3 is 2.23 bits per heavy atom. The second kappa shape index (κ2) is 10.8. The van der Waals surface area contributed by atoms with Gasteiger partial charge in [0.2, 0.25) is 0 Å². The molecule has 3 aromatic carbocycles. The van der Waals surface area contributed by atoms with E-state index >= 15 is 0 Å². The standard InChI is InChI=1S/C26H18Br2N2O5/c27-15-12-20(25(32)33)24(22(28)13-15)30-23(31)10-5-11-29-26(34)35-14-21-18-8-3-1-6-16(18)17-7-2-4-9-19(17)21/h1-4,6-9,12-13,21H,11,14H2,(H,29,34)(H,30,31)(H,32,33). The smallest absolute Gasteiger partial charge is 0.407 e. The lowest BCUT2D eigenvalue weighted by Gasteiger charge is -2.14. The van der Waals surface area contributed by atoms with Crippen molar-refractivity contribution in [2.75, 3.05) is 18.5 Å². The zero-order chi connectivity index (χ0) is 24.9. The average Bonchev–Trinajstić information content (AvgIpc) is 3.15. The lowest BCUT2D eigenvalue weighted by molar-refractivity contribution is -0.111. The fourth-order valence-corrected chi connectivity index (χ4v) is 5.23. The number of carboxylic acids is 1. The van der Waals surface area contributed by atoms with Gasteiger partial charge >= 0.3 is 12.1 Å². The summed E-state index contributed by atoms with van der Waals surface area (Å²) in [6.07, 6.45) is -0.648. The number of carbonyl (C=O) groups is 3. The first-order chi connectivity index (χ1) is 16.8. The Hall–Kier alpha value is -3.61. The highest BCUT2D eigenvalue weighted by molar-refractivity contribution is 9.11. The molecule has 0 unspecified atom stereocenters. The van der Waals surface area contributed by atoms with Gasteiger partial charge in [-0.15, -0.1) is 0 Å². The van der Waals surface area contributed by atoms with Gasteiger partial charge in [0, 0.05) is 14.9 Å². The molecule has 0 aliphatic heterocycles. The van der Waals surface area contributed by atoms with Gasteiger partial charge in [0.15, 0.2) is 0 Å². The van der Waals surface area contributed by atoms with Gasteiger partial charge < -0.3 is 20.5 Å². The van der Waals surface area contributed by atoms with Crippen LogP contribution in [0.25, 0.3) is 11.1 Å². The second-order valence-corrected chi connectivity index (χ2v) is 9.32. The number of alkyl carbamates (subject to hydrolysis) is 1. The summed E-state index contributed by atoms with van der Waals surface area (Å²) in [5, 5.41) is 14.3. The highest BCUT2D eigenvalue weighted by Crippen LogP contribution is 2.44. The van der Waals surface area contributed by atoms with Gasteiger partial charge in [-0.1, -0.05) is 70.4 Å². The molecule has 3 aromatic rings. The fraction of sp³-hybridized carbons (Fsp3) is 0.115. The molecule has 2 amide bonds. The Morgan fingerprint density at radius 1 is 0.971 bits per heavy atom. The summed E-state index contributed by atoms with van der Waals surface area (Å²) < 4.78 is 6.34. The zero-order valence-electron chi connectivity index (χ0n) is 18.1. The van der Waals surface area contributed by atoms with Crippen LogP contribution in [0.3, 0.4) is 0 Å². The summed E-state index contributed by atoms with van der Waals surface area (Å²) in [7, 11) is 0. The molecular formula is C26H18Br2N2O5. The first-order valence-corrected chi connectivity index (χ1v) is 12.0. The number of aromatic carboxylic acids is 1. The Balaban J connectivity index is 1.31. The Kier molecular flexibility index (Phi) is 7.54. The largest absolute Gasteiger partial charge is 0.478 e. The number of carbonyl (C=O) groups excluding carboxylic acids is 2. The van der Waals surface area contributed by atoms with Crippen LogP contribution < -0.4 is 10.6 Å². The maximum atomic E-state index is 12.2. The molecule has 0 atom stereocenters. The summed E-state index contributed by atoms with van der Waals surface area (Å²) in [5.41, 5.74) is 4.48. The maximum Gasteiger partial charge on any atom is 0.407 e. The number of carboxylic acid groups (broad SMARTS) is 1. The van der Waals surface area contributed by atoms with E-state index < -0.39 is 18.0 Å². The van der Waals surface area contributed by atoms with Crippen LogP contribution >= 0.6 is 31.9 Å². The predicted molar refractivity (Wildman–Crippen MR) is 138 cm³/mol. The van der Waals surface area contributed by atoms with E-state index in [1.165, 1.54) is 6.07 Å². The lowest BCUT2D eigenvalue weighted by atomic mass is 9.98. The number of anilines is 1. The summed E-state index contributed by atoms with van der Waals surface area (Å²) >= 11 is 6.44. The van der Waals surface area contributed by atoms with Crippen LogP contribution in [0.4, 0.5) is 10.5 Å². The SMILES string of the molecule is O=C(C#CCNC(=O)OCC1c2ccccc2-c2ccccc21)Nc1c(Br)cc(Br)cc1C(=O)O. The first-order valence-electron chi connectivity index (χ1n) is 10.5. The summed E-state index contributed by atoms with van der Waals surface area (Å²) in [6, 6.07) is 19.0. The number of nitrogens with one attached hydrogen (secondary N) is 2. The summed E-state index contributed by atoms with van der Waals surface area (Å²) in [6.45, 7) is 0.0563. The number of halogens is 2. The molecule has 0 heterocycles. The van der Waals surface area contributed by atoms with Gasteiger partial charge in [-0.2, -0.15) is 0 Å². The minimum atomic E-state index is -1.20. The summed E-state index contributed by atoms with van der Waals surface area (Å²) in [4.78, 5) is 35.8. The third-order valence-corrected chi connectivity index (χ3v) is 6.47. The van der Waals surface area contributed by atoms with Gasteiger partial charge in [0.1, 0.15) is 6.61 Å². The number of benzene rings is 3. The first kappa shape index (κ1) is 24.5. The van der Waals surface area contributed by atoms with Crippen molar-refractivity contribution in [3.63, 3.8) is 0 Å². The third-order valence-electron chi connectivity index (χ3n) is 5.39. The van der Waals surface area contributed by atoms with E-state index in [4.69, 9.17) is 4.74 Å². The zero-order valence-corrected chi connectivity index (χ0v) is 21.3. The molecule has 0 aromatic heterocycles. The number of ether oxygens (including phenoxy) is 1. The van der Waals surface area contributed by atoms with Crippen molar-refractivity contribution in [2.45, 2.75) is 5.92 Å². The molecule has 4 rings (SSSR count). The molecule has 35 heavy (non-hydrogen) atoms. The number of amides is 2. The molecule has 0 bridgehead atoms. The van der Waals surface area contributed by atoms with Gasteiger partial charge in [0.05, 0.1) is 17.8 Å². The van der Waals surface area contributed by atoms with Crippen LogP contribution in [-0.4, -0.2) is 36.2 Å². The Morgan fingerprint density at radius 2 is 1.60 bits per heavy atom. The molecule has 0 fully saturated rings. The maximum absolute atomic E-state index is 12.2. The second-order valence-electron chi connectivity index (χ2n) is 7.55. The Bertz CT molecular complexity index is 1350. The minimum Gasteiger partial charge on any atom is -0.478 e. The molecule has 0 saturated heterocycles. The molecule has 0 radical (unpaired) electrons. The molecule has 176 valence electrons. The number of hydrogen-bond acceptors (Lipinski definition) is 4. The molecule has 0 saturated carbocycles. The van der Waals surface area contributed by atoms with E-state index in [1.807, 2.05) is 36.4 Å². The van der Waals surface area contributed by atoms with E-state index in [-0.39, 0.29) is 30.3 Å². The Labute approximate surface area is 218 Å². The minimum absolute atomic E-state index is 0.0576. The molecule has 7 nitrogen and oxygen atoms in total. The van der Waals surface area contributed by atoms with E-state index in [0.717, 1.165) is 22.3 Å². The third kappa shape index (κ3) is 5.56. The van der Waals surface area contributed by atoms with Crippen LogP contribution in [0.15, 0.2) is 69.6 Å². The van der Waals surface area contributed by atoms with Crippen LogP contribution in [0.5, 0.6) is 0 Å². The number of rotatable bonds is 5. The highest BCUT2D eigenvalue weighted by Gasteiger charge is 2.28. The molecule has 1 aliphatic rings. The predicted octanol–water partition coefficient (Wildman–Crippen LogP) is 5.39. The van der Waals surface area contributed by atoms with Crippen LogP contribution in [-0.2, 0) is 9.53 Å². The van der Waals surface area contributed by atoms with Crippen molar-refractivity contribution < 1.29 is 24.2 Å². The van der Waals surface area contributed by atoms with E-state index in [0.29, 0.717) is 8.95 Å². The van der Waals surface area contributed by atoms with Gasteiger partial charge in [-0.3, -0.25) is 4.79 Å². The quantitative estimate of drug-likeness (QED) is 0.342. The molecule has 3 N–H and O–H groups in total. The van der Waals surface area contributed by atoms with E-state index in [2.05, 4.69) is 66.5 Å². The van der Waals surface area contributed by atoms with Crippen molar-refractivity contribution in [2.24, 2.45) is 0 Å². The monoisotopic (exact) mass is 596 g/mol. The van der Waals surface area contributed by atoms with Crippen molar-refractivity contribution in [3.05, 3.63) is 86.3 Å². The molecule has 9 heteroatoms. The average molecular weight is 598 g/mol. The molecular weight excluding hydrogens is 580 g/mol. The highest BCUT2D eigenvalue weighted by atomic mass is 79.9. The van der Waals surface area contributed by atoms with Crippen LogP contribution in [0, 0.1) is 11.8 Å². The van der Waals surface area contributed by atoms with E-state index in [9.17, 15) is 19.5 Å². The van der Waals surface area contributed by atoms with E-state index in [1.54, 1.807) is 6.07 Å². The summed E-state index contributed by atoms with van der Waals surface area (Å²) in [5.74, 6) is 2.87. The normalized spacial score (nSPS) is 11.5. The van der Waals surface area contributed by atoms with Crippen molar-refractivity contribution in [3.8, 4) is 23.0 Å². The van der Waals surface area contributed by atoms with Gasteiger partial charge in [-0.25, -0.2) is 9.59 Å². The van der Waals surface area contributed by atoms with Crippen molar-refractivity contribution >= 4 is 55.5 Å². The van der Waals surface area contributed by atoms with Gasteiger partial charge in [-0.05, 0) is 56.2 Å². The number of fused-ring (bicyclic) bond motifs is 3. The molecule has 1 aliphatic carbocycles. The molecule has 0 spiro atoms. The van der Waals surface area contributed by atoms with Crippen LogP contribution in [0.2, 0.25) is 0 Å². The van der Waals surface area contributed by atoms with Gasteiger partial charge in [0.25, 0.3) is 5.91 Å². The number of hydrogen-bond donors (Lipinski definition) is 3. The fourth-order valence-electron chi connectivity index (χ4n) is 3.90. The lowest BCUT2D eigenvalue weighted by Crippen LogP contribution is -2.26. The van der Waals surface area contributed by atoms with Crippen molar-refractivity contribution in [1.29, 1.82) is 0 Å². The van der Waals surface area contributed by atoms with Crippen LogP contribution in [0.1, 0.15) is 27.4 Å².